The first kappa shape index (κ1) is 17.2. The van der Waals surface area contributed by atoms with E-state index in [-0.39, 0.29) is 18.4 Å². The maximum atomic E-state index is 12.4. The number of ether oxygens (including phenoxy) is 1. The van der Waals surface area contributed by atoms with Gasteiger partial charge in [-0.1, -0.05) is 22.0 Å². The van der Waals surface area contributed by atoms with Crippen LogP contribution in [-0.4, -0.2) is 30.5 Å². The number of rotatable bonds is 5. The van der Waals surface area contributed by atoms with Crippen LogP contribution in [0.4, 0.5) is 11.4 Å². The van der Waals surface area contributed by atoms with Gasteiger partial charge < -0.3 is 20.4 Å². The van der Waals surface area contributed by atoms with Gasteiger partial charge in [-0.15, -0.1) is 0 Å². The maximum Gasteiger partial charge on any atom is 0.272 e. The van der Waals surface area contributed by atoms with Crippen molar-refractivity contribution in [3.05, 3.63) is 58.7 Å². The Hall–Kier alpha value is -2.64. The van der Waals surface area contributed by atoms with Gasteiger partial charge in [0, 0.05) is 33.9 Å². The van der Waals surface area contributed by atoms with Gasteiger partial charge in [0.15, 0.2) is 0 Å². The van der Waals surface area contributed by atoms with Crippen LogP contribution in [0.2, 0.25) is 0 Å². The Labute approximate surface area is 152 Å². The lowest BCUT2D eigenvalue weighted by atomic mass is 10.2. The van der Waals surface area contributed by atoms with Gasteiger partial charge in [-0.05, 0) is 42.5 Å². The molecule has 0 atom stereocenters. The lowest BCUT2D eigenvalue weighted by Gasteiger charge is -2.07. The van der Waals surface area contributed by atoms with Crippen LogP contribution < -0.4 is 10.6 Å². The Bertz CT molecular complexity index is 919. The molecule has 128 valence electrons. The molecule has 0 unspecified atom stereocenters. The van der Waals surface area contributed by atoms with E-state index in [0.717, 1.165) is 15.4 Å². The first-order valence-corrected chi connectivity index (χ1v) is 8.33. The molecule has 0 saturated heterocycles. The second-order valence-corrected chi connectivity index (χ2v) is 6.34. The first-order chi connectivity index (χ1) is 12.0. The van der Waals surface area contributed by atoms with Crippen molar-refractivity contribution in [3.63, 3.8) is 0 Å². The molecule has 25 heavy (non-hydrogen) atoms. The van der Waals surface area contributed by atoms with Crippen molar-refractivity contribution in [3.8, 4) is 0 Å². The van der Waals surface area contributed by atoms with E-state index < -0.39 is 0 Å². The van der Waals surface area contributed by atoms with Gasteiger partial charge in [0.1, 0.15) is 12.3 Å². The summed E-state index contributed by atoms with van der Waals surface area (Å²) < 4.78 is 5.70. The summed E-state index contributed by atoms with van der Waals surface area (Å²) in [7, 11) is 1.46. The number of aromatic nitrogens is 1. The molecule has 0 fully saturated rings. The maximum absolute atomic E-state index is 12.4. The summed E-state index contributed by atoms with van der Waals surface area (Å²) in [5.41, 5.74) is 2.63. The van der Waals surface area contributed by atoms with Crippen molar-refractivity contribution in [1.29, 1.82) is 0 Å². The minimum atomic E-state index is -0.233. The normalized spacial score (nSPS) is 10.6. The van der Waals surface area contributed by atoms with Crippen LogP contribution in [0, 0.1) is 0 Å². The third kappa shape index (κ3) is 4.26. The number of aromatic amines is 1. The molecule has 6 nitrogen and oxygen atoms in total. The number of halogens is 1. The summed E-state index contributed by atoms with van der Waals surface area (Å²) in [5, 5.41) is 6.47. The van der Waals surface area contributed by atoms with E-state index in [9.17, 15) is 9.59 Å². The Kier molecular flexibility index (Phi) is 5.16. The monoisotopic (exact) mass is 401 g/mol. The van der Waals surface area contributed by atoms with Gasteiger partial charge in [-0.2, -0.15) is 0 Å². The average molecular weight is 402 g/mol. The smallest absolute Gasteiger partial charge is 0.272 e. The molecule has 3 rings (SSSR count). The highest BCUT2D eigenvalue weighted by atomic mass is 79.9. The average Bonchev–Trinajstić information content (AvgIpc) is 3.00. The fraction of sp³-hybridized carbons (Fsp3) is 0.111. The molecule has 0 bridgehead atoms. The van der Waals surface area contributed by atoms with E-state index in [2.05, 4.69) is 31.5 Å². The molecule has 7 heteroatoms. The molecule has 0 aliphatic carbocycles. The summed E-state index contributed by atoms with van der Waals surface area (Å²) in [5.74, 6) is -0.466. The zero-order valence-electron chi connectivity index (χ0n) is 13.4. The van der Waals surface area contributed by atoms with E-state index in [1.165, 1.54) is 7.11 Å². The Balaban J connectivity index is 1.68. The van der Waals surface area contributed by atoms with E-state index in [4.69, 9.17) is 4.74 Å². The third-order valence-corrected chi connectivity index (χ3v) is 4.02. The number of anilines is 2. The third-order valence-electron chi connectivity index (χ3n) is 3.53. The Morgan fingerprint density at radius 2 is 1.72 bits per heavy atom. The molecule has 1 heterocycles. The highest BCUT2D eigenvalue weighted by Crippen LogP contribution is 2.21. The van der Waals surface area contributed by atoms with Crippen LogP contribution in [0.5, 0.6) is 0 Å². The number of nitrogens with one attached hydrogen (secondary N) is 3. The van der Waals surface area contributed by atoms with E-state index in [0.29, 0.717) is 17.1 Å². The van der Waals surface area contributed by atoms with Gasteiger partial charge in [0.05, 0.1) is 0 Å². The van der Waals surface area contributed by atoms with Crippen LogP contribution in [0.1, 0.15) is 10.5 Å². The fourth-order valence-electron chi connectivity index (χ4n) is 2.39. The lowest BCUT2D eigenvalue weighted by molar-refractivity contribution is -0.119. The van der Waals surface area contributed by atoms with Crippen LogP contribution in [-0.2, 0) is 9.53 Å². The SMILES string of the molecule is COCC(=O)Nc1ccc(NC(=O)c2cc3ccc(Br)cc3[nH]2)cc1. The van der Waals surface area contributed by atoms with Gasteiger partial charge >= 0.3 is 0 Å². The summed E-state index contributed by atoms with van der Waals surface area (Å²) in [6, 6.07) is 14.5. The largest absolute Gasteiger partial charge is 0.375 e. The van der Waals surface area contributed by atoms with Gasteiger partial charge in [-0.25, -0.2) is 0 Å². The van der Waals surface area contributed by atoms with E-state index >= 15 is 0 Å². The summed E-state index contributed by atoms with van der Waals surface area (Å²) in [6.45, 7) is -0.00498. The minimum Gasteiger partial charge on any atom is -0.375 e. The van der Waals surface area contributed by atoms with Crippen molar-refractivity contribution in [2.75, 3.05) is 24.4 Å². The fourth-order valence-corrected chi connectivity index (χ4v) is 2.75. The molecule has 2 aromatic carbocycles. The molecule has 0 spiro atoms. The van der Waals surface area contributed by atoms with Crippen LogP contribution in [0.15, 0.2) is 53.0 Å². The second-order valence-electron chi connectivity index (χ2n) is 5.43. The number of H-pyrrole nitrogens is 1. The Morgan fingerprint density at radius 1 is 1.04 bits per heavy atom. The summed E-state index contributed by atoms with van der Waals surface area (Å²) >= 11 is 3.41. The Morgan fingerprint density at radius 3 is 2.40 bits per heavy atom. The number of hydrogen-bond acceptors (Lipinski definition) is 3. The quantitative estimate of drug-likeness (QED) is 0.608. The number of carbonyl (C=O) groups is 2. The lowest BCUT2D eigenvalue weighted by Crippen LogP contribution is -2.17. The molecular weight excluding hydrogens is 386 g/mol. The van der Waals surface area contributed by atoms with E-state index in [1.807, 2.05) is 18.2 Å². The predicted octanol–water partition coefficient (Wildman–Crippen LogP) is 3.77. The summed E-state index contributed by atoms with van der Waals surface area (Å²) in [6.07, 6.45) is 0. The number of fused-ring (bicyclic) bond motifs is 1. The second kappa shape index (κ2) is 7.50. The molecule has 0 aliphatic heterocycles. The molecule has 1 aromatic heterocycles. The van der Waals surface area contributed by atoms with Crippen molar-refractivity contribution < 1.29 is 14.3 Å². The van der Waals surface area contributed by atoms with Gasteiger partial charge in [-0.3, -0.25) is 9.59 Å². The molecule has 0 saturated carbocycles. The number of benzene rings is 2. The molecule has 0 aliphatic rings. The van der Waals surface area contributed by atoms with Gasteiger partial charge in [0.25, 0.3) is 5.91 Å². The standard InChI is InChI=1S/C18H16BrN3O3/c1-25-10-17(23)20-13-4-6-14(7-5-13)21-18(24)16-8-11-2-3-12(19)9-15(11)22-16/h2-9,22H,10H2,1H3,(H,20,23)(H,21,24). The van der Waals surface area contributed by atoms with Crippen molar-refractivity contribution in [2.24, 2.45) is 0 Å². The van der Waals surface area contributed by atoms with Gasteiger partial charge in [0.2, 0.25) is 5.91 Å². The number of methoxy groups -OCH3 is 1. The molecule has 2 amide bonds. The molecule has 3 aromatic rings. The highest BCUT2D eigenvalue weighted by molar-refractivity contribution is 9.10. The minimum absolute atomic E-state index is 0.00498. The molecule has 0 radical (unpaired) electrons. The van der Waals surface area contributed by atoms with Crippen molar-refractivity contribution in [2.45, 2.75) is 0 Å². The van der Waals surface area contributed by atoms with Crippen LogP contribution in [0.25, 0.3) is 10.9 Å². The number of carbonyl (C=O) groups excluding carboxylic acids is 2. The molecule has 3 N–H and O–H groups in total. The number of amides is 2. The number of hydrogen-bond donors (Lipinski definition) is 3. The van der Waals surface area contributed by atoms with Crippen molar-refractivity contribution in [1.82, 2.24) is 4.98 Å². The van der Waals surface area contributed by atoms with Crippen LogP contribution in [0.3, 0.4) is 0 Å². The first-order valence-electron chi connectivity index (χ1n) is 7.53. The topological polar surface area (TPSA) is 83.2 Å². The zero-order valence-corrected chi connectivity index (χ0v) is 15.0. The highest BCUT2D eigenvalue weighted by Gasteiger charge is 2.10. The van der Waals surface area contributed by atoms with Crippen molar-refractivity contribution >= 4 is 50.0 Å². The summed E-state index contributed by atoms with van der Waals surface area (Å²) in [4.78, 5) is 26.9. The predicted molar refractivity (Wildman–Crippen MR) is 101 cm³/mol. The molecular formula is C18H16BrN3O3. The van der Waals surface area contributed by atoms with E-state index in [1.54, 1.807) is 30.3 Å². The van der Waals surface area contributed by atoms with Crippen LogP contribution >= 0.6 is 15.9 Å². The zero-order chi connectivity index (χ0) is 17.8.